The molecule has 0 aromatic heterocycles. The van der Waals surface area contributed by atoms with Crippen molar-refractivity contribution in [2.75, 3.05) is 5.32 Å². The van der Waals surface area contributed by atoms with Gasteiger partial charge >= 0.3 is 0 Å². The molecular weight excluding hydrogens is 291 g/mol. The molecular formula is C11H10BrClN2O. The zero-order chi connectivity index (χ0) is 12.3. The van der Waals surface area contributed by atoms with Crippen LogP contribution in [0.3, 0.4) is 0 Å². The zero-order valence-corrected chi connectivity index (χ0v) is 11.2. The number of nitriles is 1. The number of rotatable bonds is 2. The van der Waals surface area contributed by atoms with Gasteiger partial charge in [-0.25, -0.2) is 0 Å². The van der Waals surface area contributed by atoms with Crippen molar-refractivity contribution in [1.82, 2.24) is 0 Å². The molecule has 0 fully saturated rings. The van der Waals surface area contributed by atoms with Gasteiger partial charge in [-0.1, -0.05) is 27.5 Å². The monoisotopic (exact) mass is 300 g/mol. The summed E-state index contributed by atoms with van der Waals surface area (Å²) < 4.78 is 0.829. The van der Waals surface area contributed by atoms with E-state index >= 15 is 0 Å². The number of hydrogen-bond donors (Lipinski definition) is 1. The van der Waals surface area contributed by atoms with Crippen LogP contribution >= 0.6 is 27.5 Å². The normalized spacial score (nSPS) is 10.7. The van der Waals surface area contributed by atoms with E-state index in [1.165, 1.54) is 0 Å². The number of nitrogens with one attached hydrogen (secondary N) is 1. The van der Waals surface area contributed by atoms with Crippen molar-refractivity contribution >= 4 is 39.1 Å². The maximum Gasteiger partial charge on any atom is 0.244 e. The number of nitrogens with zero attached hydrogens (tertiary/aromatic N) is 1. The van der Waals surface area contributed by atoms with Crippen LogP contribution < -0.4 is 5.32 Å². The molecule has 1 N–H and O–H groups in total. The number of carbonyl (C=O) groups excluding carboxylic acids is 1. The Bertz CT molecular complexity index is 466. The molecule has 3 nitrogen and oxygen atoms in total. The Kier molecular flexibility index (Phi) is 3.95. The number of hydrogen-bond acceptors (Lipinski definition) is 2. The summed E-state index contributed by atoms with van der Waals surface area (Å²) in [6.07, 6.45) is 0. The van der Waals surface area contributed by atoms with Gasteiger partial charge < -0.3 is 5.32 Å². The van der Waals surface area contributed by atoms with Crippen molar-refractivity contribution in [3.63, 3.8) is 0 Å². The molecule has 84 valence electrons. The second-order valence-corrected chi connectivity index (χ2v) is 5.14. The van der Waals surface area contributed by atoms with Crippen molar-refractivity contribution in [1.29, 1.82) is 5.26 Å². The van der Waals surface area contributed by atoms with Gasteiger partial charge in [0.1, 0.15) is 5.41 Å². The minimum atomic E-state index is -1.07. The summed E-state index contributed by atoms with van der Waals surface area (Å²) in [5.74, 6) is -0.376. The average Bonchev–Trinajstić information content (AvgIpc) is 2.22. The number of amides is 1. The van der Waals surface area contributed by atoms with Crippen molar-refractivity contribution < 1.29 is 4.79 Å². The summed E-state index contributed by atoms with van der Waals surface area (Å²) in [7, 11) is 0. The maximum absolute atomic E-state index is 11.7. The van der Waals surface area contributed by atoms with Gasteiger partial charge in [-0.3, -0.25) is 4.79 Å². The molecule has 0 aliphatic heterocycles. The first kappa shape index (κ1) is 13.0. The largest absolute Gasteiger partial charge is 0.323 e. The number of benzene rings is 1. The predicted molar refractivity (Wildman–Crippen MR) is 67.2 cm³/mol. The summed E-state index contributed by atoms with van der Waals surface area (Å²) >= 11 is 9.21. The van der Waals surface area contributed by atoms with Gasteiger partial charge in [-0.05, 0) is 32.0 Å². The lowest BCUT2D eigenvalue weighted by atomic mass is 9.94. The van der Waals surface area contributed by atoms with Crippen molar-refractivity contribution in [3.05, 3.63) is 27.7 Å². The lowest BCUT2D eigenvalue weighted by molar-refractivity contribution is -0.121. The fraction of sp³-hybridized carbons (Fsp3) is 0.273. The van der Waals surface area contributed by atoms with E-state index in [-0.39, 0.29) is 5.91 Å². The van der Waals surface area contributed by atoms with Crippen LogP contribution in [0.5, 0.6) is 0 Å². The topological polar surface area (TPSA) is 52.9 Å². The molecule has 0 saturated carbocycles. The molecule has 0 saturated heterocycles. The third kappa shape index (κ3) is 2.97. The van der Waals surface area contributed by atoms with E-state index in [0.717, 1.165) is 4.47 Å². The van der Waals surface area contributed by atoms with Crippen molar-refractivity contribution in [2.24, 2.45) is 5.41 Å². The molecule has 0 heterocycles. The standard InChI is InChI=1S/C11H10BrClN2O/c1-11(2,6-14)10(16)15-9-4-3-7(12)5-8(9)13/h3-5H,1-2H3,(H,15,16). The van der Waals surface area contributed by atoms with Crippen LogP contribution in [0.25, 0.3) is 0 Å². The van der Waals surface area contributed by atoms with E-state index in [0.29, 0.717) is 10.7 Å². The van der Waals surface area contributed by atoms with Crippen LogP contribution in [0.15, 0.2) is 22.7 Å². The molecule has 0 aliphatic rings. The summed E-state index contributed by atoms with van der Waals surface area (Å²) in [6, 6.07) is 7.05. The molecule has 0 bridgehead atoms. The highest BCUT2D eigenvalue weighted by molar-refractivity contribution is 9.10. The maximum atomic E-state index is 11.7. The first-order valence-corrected chi connectivity index (χ1v) is 5.71. The smallest absolute Gasteiger partial charge is 0.244 e. The van der Waals surface area contributed by atoms with Crippen LogP contribution in [0.4, 0.5) is 5.69 Å². The zero-order valence-electron chi connectivity index (χ0n) is 8.84. The van der Waals surface area contributed by atoms with E-state index in [9.17, 15) is 4.79 Å². The lowest BCUT2D eigenvalue weighted by Crippen LogP contribution is -2.29. The fourth-order valence-corrected chi connectivity index (χ4v) is 1.64. The SMILES string of the molecule is CC(C)(C#N)C(=O)Nc1ccc(Br)cc1Cl. The Morgan fingerprint density at radius 3 is 2.69 bits per heavy atom. The van der Waals surface area contributed by atoms with E-state index in [1.54, 1.807) is 32.0 Å². The summed E-state index contributed by atoms with van der Waals surface area (Å²) in [6.45, 7) is 3.10. The van der Waals surface area contributed by atoms with Crippen molar-refractivity contribution in [3.8, 4) is 6.07 Å². The van der Waals surface area contributed by atoms with E-state index < -0.39 is 5.41 Å². The molecule has 0 radical (unpaired) electrons. The second kappa shape index (κ2) is 4.86. The molecule has 1 amide bonds. The van der Waals surface area contributed by atoms with Crippen LogP contribution in [0.2, 0.25) is 5.02 Å². The molecule has 0 unspecified atom stereocenters. The van der Waals surface area contributed by atoms with Crippen LogP contribution in [0, 0.1) is 16.7 Å². The molecule has 16 heavy (non-hydrogen) atoms. The number of halogens is 2. The average molecular weight is 302 g/mol. The van der Waals surface area contributed by atoms with E-state index in [1.807, 2.05) is 6.07 Å². The van der Waals surface area contributed by atoms with E-state index in [4.69, 9.17) is 16.9 Å². The van der Waals surface area contributed by atoms with Crippen LogP contribution in [0.1, 0.15) is 13.8 Å². The summed E-state index contributed by atoms with van der Waals surface area (Å²) in [5.41, 5.74) is -0.575. The number of carbonyl (C=O) groups is 1. The minimum absolute atomic E-state index is 0.376. The highest BCUT2D eigenvalue weighted by Gasteiger charge is 2.27. The molecule has 1 rings (SSSR count). The molecule has 1 aromatic carbocycles. The van der Waals surface area contributed by atoms with Crippen LogP contribution in [-0.4, -0.2) is 5.91 Å². The molecule has 0 spiro atoms. The van der Waals surface area contributed by atoms with Crippen LogP contribution in [-0.2, 0) is 4.79 Å². The molecule has 0 atom stereocenters. The highest BCUT2D eigenvalue weighted by atomic mass is 79.9. The molecule has 5 heteroatoms. The van der Waals surface area contributed by atoms with Gasteiger partial charge in [-0.2, -0.15) is 5.26 Å². The molecule has 0 aliphatic carbocycles. The lowest BCUT2D eigenvalue weighted by Gasteiger charge is -2.15. The van der Waals surface area contributed by atoms with Gasteiger partial charge in [0.2, 0.25) is 5.91 Å². The van der Waals surface area contributed by atoms with Crippen molar-refractivity contribution in [2.45, 2.75) is 13.8 Å². The summed E-state index contributed by atoms with van der Waals surface area (Å²) in [4.78, 5) is 11.7. The Balaban J connectivity index is 2.91. The van der Waals surface area contributed by atoms with Gasteiger partial charge in [0.25, 0.3) is 0 Å². The predicted octanol–water partition coefficient (Wildman–Crippen LogP) is 3.59. The molecule has 1 aromatic rings. The minimum Gasteiger partial charge on any atom is -0.323 e. The Labute approximate surface area is 108 Å². The Hall–Kier alpha value is -1.05. The Morgan fingerprint density at radius 2 is 2.19 bits per heavy atom. The van der Waals surface area contributed by atoms with E-state index in [2.05, 4.69) is 21.2 Å². The quantitative estimate of drug-likeness (QED) is 0.907. The fourth-order valence-electron chi connectivity index (χ4n) is 0.920. The highest BCUT2D eigenvalue weighted by Crippen LogP contribution is 2.27. The van der Waals surface area contributed by atoms with Gasteiger partial charge in [0.15, 0.2) is 0 Å². The van der Waals surface area contributed by atoms with Gasteiger partial charge in [-0.15, -0.1) is 0 Å². The number of anilines is 1. The first-order valence-electron chi connectivity index (χ1n) is 4.54. The second-order valence-electron chi connectivity index (χ2n) is 3.82. The summed E-state index contributed by atoms with van der Waals surface area (Å²) in [5, 5.41) is 11.8. The van der Waals surface area contributed by atoms with Gasteiger partial charge in [0.05, 0.1) is 16.8 Å². The van der Waals surface area contributed by atoms with Gasteiger partial charge in [0, 0.05) is 4.47 Å². The Morgan fingerprint density at radius 1 is 1.56 bits per heavy atom. The third-order valence-electron chi connectivity index (χ3n) is 2.03. The first-order chi connectivity index (χ1) is 7.36. The third-order valence-corrected chi connectivity index (χ3v) is 2.83.